The summed E-state index contributed by atoms with van der Waals surface area (Å²) in [5.41, 5.74) is 11.1. The third-order valence-corrected chi connectivity index (χ3v) is 8.75. The van der Waals surface area contributed by atoms with Crippen LogP contribution in [0.15, 0.2) is 32.4 Å². The van der Waals surface area contributed by atoms with Crippen molar-refractivity contribution in [1.29, 1.82) is 0 Å². The lowest BCUT2D eigenvalue weighted by Crippen LogP contribution is -2.35. The summed E-state index contributed by atoms with van der Waals surface area (Å²) < 4.78 is 13.5. The minimum atomic E-state index is -1.12. The van der Waals surface area contributed by atoms with Gasteiger partial charge < -0.3 is 15.5 Å². The summed E-state index contributed by atoms with van der Waals surface area (Å²) in [6, 6.07) is 5.83. The van der Waals surface area contributed by atoms with Crippen LogP contribution in [0.25, 0.3) is 0 Å². The first-order chi connectivity index (χ1) is 14.5. The number of benzene rings is 1. The molecular weight excluding hydrogens is 418 g/mol. The van der Waals surface area contributed by atoms with Gasteiger partial charge in [0.15, 0.2) is 5.84 Å². The molecular formula is C21H23N5O2S2. The molecule has 30 heavy (non-hydrogen) atoms. The summed E-state index contributed by atoms with van der Waals surface area (Å²) >= 11 is 1.48. The highest BCUT2D eigenvalue weighted by molar-refractivity contribution is 7.87. The number of carbonyl (C=O) groups excluding carboxylic acids is 1. The van der Waals surface area contributed by atoms with Gasteiger partial charge in [0.2, 0.25) is 0 Å². The molecule has 0 saturated heterocycles. The van der Waals surface area contributed by atoms with E-state index in [1.807, 2.05) is 18.2 Å². The molecule has 7 nitrogen and oxygen atoms in total. The van der Waals surface area contributed by atoms with Crippen LogP contribution < -0.4 is 10.6 Å². The highest BCUT2D eigenvalue weighted by atomic mass is 32.2. The monoisotopic (exact) mass is 441 g/mol. The van der Waals surface area contributed by atoms with Gasteiger partial charge in [-0.25, -0.2) is 4.99 Å². The first kappa shape index (κ1) is 19.4. The Morgan fingerprint density at radius 1 is 1.33 bits per heavy atom. The van der Waals surface area contributed by atoms with Gasteiger partial charge >= 0.3 is 0 Å². The van der Waals surface area contributed by atoms with Crippen molar-refractivity contribution in [2.45, 2.75) is 30.5 Å². The second-order valence-corrected chi connectivity index (χ2v) is 10.5. The van der Waals surface area contributed by atoms with Crippen molar-refractivity contribution in [3.05, 3.63) is 34.9 Å². The van der Waals surface area contributed by atoms with Gasteiger partial charge in [-0.15, -0.1) is 11.3 Å². The Balaban J connectivity index is 1.59. The maximum Gasteiger partial charge on any atom is 0.254 e. The molecule has 0 aliphatic carbocycles. The van der Waals surface area contributed by atoms with Gasteiger partial charge in [0.05, 0.1) is 23.0 Å². The van der Waals surface area contributed by atoms with Crippen LogP contribution in [-0.4, -0.2) is 52.5 Å². The zero-order chi connectivity index (χ0) is 21.0. The molecule has 1 amide bonds. The number of unbranched alkanes of at least 4 members (excludes halogenated alkanes) is 1. The molecule has 0 bridgehead atoms. The topological polar surface area (TPSA) is 91.4 Å². The Hall–Kier alpha value is -2.52. The lowest BCUT2D eigenvalue weighted by Gasteiger charge is -2.25. The van der Waals surface area contributed by atoms with Crippen LogP contribution in [0.3, 0.4) is 0 Å². The third kappa shape index (κ3) is 2.91. The van der Waals surface area contributed by atoms with Gasteiger partial charge in [0.1, 0.15) is 20.6 Å². The molecule has 0 saturated carbocycles. The SMILES string of the molecule is CCCCS(=O)c1sc2c(c1N)N=C(c1ccc3c(c1)CN(C)C3=O)C1=NCCN12. The number of nitrogen functional groups attached to an aromatic ring is 1. The van der Waals surface area contributed by atoms with Gasteiger partial charge in [-0.3, -0.25) is 14.0 Å². The Kier molecular flexibility index (Phi) is 4.74. The maximum atomic E-state index is 12.8. The van der Waals surface area contributed by atoms with Crippen LogP contribution in [-0.2, 0) is 17.3 Å². The summed E-state index contributed by atoms with van der Waals surface area (Å²) in [4.78, 5) is 25.7. The van der Waals surface area contributed by atoms with E-state index in [1.165, 1.54) is 11.3 Å². The Bertz CT molecular complexity index is 1150. The van der Waals surface area contributed by atoms with E-state index >= 15 is 0 Å². The van der Waals surface area contributed by atoms with Crippen LogP contribution in [0, 0.1) is 0 Å². The Morgan fingerprint density at radius 3 is 2.97 bits per heavy atom. The van der Waals surface area contributed by atoms with Crippen molar-refractivity contribution in [1.82, 2.24) is 4.90 Å². The molecule has 1 atom stereocenters. The van der Waals surface area contributed by atoms with E-state index in [0.717, 1.165) is 52.6 Å². The van der Waals surface area contributed by atoms with Gasteiger partial charge in [-0.1, -0.05) is 19.4 Å². The van der Waals surface area contributed by atoms with E-state index in [4.69, 9.17) is 15.7 Å². The van der Waals surface area contributed by atoms with Crippen LogP contribution >= 0.6 is 11.3 Å². The van der Waals surface area contributed by atoms with Gasteiger partial charge in [0, 0.05) is 37.0 Å². The van der Waals surface area contributed by atoms with E-state index in [2.05, 4.69) is 11.8 Å². The molecule has 3 aliphatic rings. The number of hydrogen-bond acceptors (Lipinski definition) is 7. The molecule has 0 spiro atoms. The number of thiophene rings is 1. The number of aliphatic imine (C=N–C) groups is 2. The minimum Gasteiger partial charge on any atom is -0.395 e. The molecule has 3 aliphatic heterocycles. The average molecular weight is 442 g/mol. The maximum absolute atomic E-state index is 12.8. The number of fused-ring (bicyclic) bond motifs is 4. The van der Waals surface area contributed by atoms with Crippen LogP contribution in [0.2, 0.25) is 0 Å². The first-order valence-electron chi connectivity index (χ1n) is 10.1. The van der Waals surface area contributed by atoms with Gasteiger partial charge in [-0.05, 0) is 24.1 Å². The number of amides is 1. The van der Waals surface area contributed by atoms with E-state index in [1.54, 1.807) is 11.9 Å². The largest absolute Gasteiger partial charge is 0.395 e. The van der Waals surface area contributed by atoms with Crippen molar-refractivity contribution in [2.24, 2.45) is 9.98 Å². The molecule has 1 unspecified atom stereocenters. The van der Waals surface area contributed by atoms with Crippen molar-refractivity contribution < 1.29 is 9.00 Å². The Morgan fingerprint density at radius 2 is 2.17 bits per heavy atom. The fourth-order valence-electron chi connectivity index (χ4n) is 4.05. The summed E-state index contributed by atoms with van der Waals surface area (Å²) in [7, 11) is 0.691. The molecule has 1 aromatic heterocycles. The molecule has 9 heteroatoms. The number of rotatable bonds is 5. The number of carbonyl (C=O) groups is 1. The van der Waals surface area contributed by atoms with Crippen LogP contribution in [0.4, 0.5) is 16.4 Å². The lowest BCUT2D eigenvalue weighted by atomic mass is 10.0. The van der Waals surface area contributed by atoms with Crippen molar-refractivity contribution in [3.8, 4) is 0 Å². The van der Waals surface area contributed by atoms with Crippen LogP contribution in [0.5, 0.6) is 0 Å². The highest BCUT2D eigenvalue weighted by Gasteiger charge is 2.35. The third-order valence-electron chi connectivity index (χ3n) is 5.64. The average Bonchev–Trinajstić information content (AvgIpc) is 3.42. The Labute approximate surface area is 181 Å². The van der Waals surface area contributed by atoms with Gasteiger partial charge in [0.25, 0.3) is 5.91 Å². The van der Waals surface area contributed by atoms with Crippen LogP contribution in [0.1, 0.15) is 41.3 Å². The van der Waals surface area contributed by atoms with E-state index in [-0.39, 0.29) is 5.91 Å². The number of nitrogens with two attached hydrogens (primary N) is 1. The van der Waals surface area contributed by atoms with Crippen molar-refractivity contribution >= 4 is 56.0 Å². The molecule has 1 aromatic carbocycles. The van der Waals surface area contributed by atoms with E-state index < -0.39 is 10.8 Å². The number of nitrogens with zero attached hydrogens (tertiary/aromatic N) is 4. The van der Waals surface area contributed by atoms with Crippen molar-refractivity contribution in [2.75, 3.05) is 36.5 Å². The summed E-state index contributed by atoms with van der Waals surface area (Å²) in [6.07, 6.45) is 1.90. The number of amidine groups is 1. The highest BCUT2D eigenvalue weighted by Crippen LogP contribution is 2.49. The second kappa shape index (κ2) is 7.31. The lowest BCUT2D eigenvalue weighted by molar-refractivity contribution is 0.0816. The molecule has 4 heterocycles. The number of anilines is 2. The van der Waals surface area contributed by atoms with E-state index in [9.17, 15) is 9.00 Å². The predicted octanol–water partition coefficient (Wildman–Crippen LogP) is 3.18. The number of hydrogen-bond donors (Lipinski definition) is 1. The standard InChI is InChI=1S/C21H23N5O2S2/c1-3-4-9-30(28)21-15(22)17-20(29-21)26-8-7-23-18(26)16(24-17)12-5-6-14-13(10-12)11-25(2)19(14)27/h5-6,10H,3-4,7-9,11,22H2,1-2H3. The smallest absolute Gasteiger partial charge is 0.254 e. The molecule has 156 valence electrons. The first-order valence-corrected chi connectivity index (χ1v) is 12.2. The normalized spacial score (nSPS) is 18.1. The quantitative estimate of drug-likeness (QED) is 0.771. The molecule has 2 N–H and O–H groups in total. The fraction of sp³-hybridized carbons (Fsp3) is 0.381. The van der Waals surface area contributed by atoms with Crippen molar-refractivity contribution in [3.63, 3.8) is 0 Å². The zero-order valence-electron chi connectivity index (χ0n) is 17.0. The summed E-state index contributed by atoms with van der Waals surface area (Å²) in [6.45, 7) is 4.13. The molecule has 0 fully saturated rings. The molecule has 2 aromatic rings. The predicted molar refractivity (Wildman–Crippen MR) is 123 cm³/mol. The van der Waals surface area contributed by atoms with E-state index in [0.29, 0.717) is 34.4 Å². The second-order valence-electron chi connectivity index (χ2n) is 7.71. The summed E-state index contributed by atoms with van der Waals surface area (Å²) in [5, 5.41) is 0.934. The summed E-state index contributed by atoms with van der Waals surface area (Å²) in [5.74, 6) is 1.49. The molecule has 0 radical (unpaired) electrons. The minimum absolute atomic E-state index is 0.0468. The fourth-order valence-corrected chi connectivity index (χ4v) is 6.91. The zero-order valence-corrected chi connectivity index (χ0v) is 18.6. The van der Waals surface area contributed by atoms with Gasteiger partial charge in [-0.2, -0.15) is 0 Å². The molecule has 5 rings (SSSR count).